The minimum atomic E-state index is 0.191. The number of thioether (sulfide) groups is 1. The van der Waals surface area contributed by atoms with E-state index in [0.717, 1.165) is 16.5 Å². The van der Waals surface area contributed by atoms with Gasteiger partial charge in [0.25, 0.3) is 0 Å². The van der Waals surface area contributed by atoms with Gasteiger partial charge in [-0.2, -0.15) is 15.0 Å². The van der Waals surface area contributed by atoms with Crippen molar-refractivity contribution in [1.82, 2.24) is 29.7 Å². The van der Waals surface area contributed by atoms with Crippen molar-refractivity contribution < 1.29 is 4.74 Å². The molecule has 0 spiro atoms. The SMILES string of the molecule is C=CCn1c(SCc2nc(N)nc(N(C)C)n2)nnc1-c1ccccc1OC. The number of methoxy groups -OCH3 is 1. The number of ether oxygens (including phenoxy) is 1. The van der Waals surface area contributed by atoms with E-state index in [1.807, 2.05) is 42.9 Å². The number of aromatic nitrogens is 6. The molecular weight excluding hydrogens is 376 g/mol. The van der Waals surface area contributed by atoms with Gasteiger partial charge in [0.2, 0.25) is 11.9 Å². The van der Waals surface area contributed by atoms with Crippen LogP contribution >= 0.6 is 11.8 Å². The van der Waals surface area contributed by atoms with E-state index in [0.29, 0.717) is 29.9 Å². The third-order valence-electron chi connectivity index (χ3n) is 3.79. The minimum absolute atomic E-state index is 0.191. The smallest absolute Gasteiger partial charge is 0.229 e. The lowest BCUT2D eigenvalue weighted by atomic mass is 10.2. The average molecular weight is 398 g/mol. The molecule has 0 fully saturated rings. The lowest BCUT2D eigenvalue weighted by molar-refractivity contribution is 0.416. The van der Waals surface area contributed by atoms with E-state index in [4.69, 9.17) is 10.5 Å². The molecule has 3 aromatic rings. The molecule has 146 valence electrons. The maximum Gasteiger partial charge on any atom is 0.229 e. The number of nitrogen functional groups attached to an aromatic ring is 1. The molecule has 2 aromatic heterocycles. The fourth-order valence-corrected chi connectivity index (χ4v) is 3.34. The van der Waals surface area contributed by atoms with Crippen molar-refractivity contribution in [2.24, 2.45) is 0 Å². The van der Waals surface area contributed by atoms with Crippen LogP contribution in [0.4, 0.5) is 11.9 Å². The number of anilines is 2. The topological polar surface area (TPSA) is 108 Å². The van der Waals surface area contributed by atoms with Gasteiger partial charge in [-0.3, -0.25) is 4.57 Å². The Morgan fingerprint density at radius 3 is 2.71 bits per heavy atom. The van der Waals surface area contributed by atoms with Crippen LogP contribution in [0.5, 0.6) is 5.75 Å². The first-order valence-corrected chi connectivity index (χ1v) is 9.50. The zero-order valence-corrected chi connectivity index (χ0v) is 16.8. The second kappa shape index (κ2) is 8.70. The Morgan fingerprint density at radius 1 is 1.21 bits per heavy atom. The molecule has 2 heterocycles. The molecule has 0 aliphatic rings. The van der Waals surface area contributed by atoms with Crippen LogP contribution in [0.3, 0.4) is 0 Å². The van der Waals surface area contributed by atoms with Crippen molar-refractivity contribution in [2.75, 3.05) is 31.8 Å². The summed E-state index contributed by atoms with van der Waals surface area (Å²) in [6.45, 7) is 4.40. The fraction of sp³-hybridized carbons (Fsp3) is 0.278. The lowest BCUT2D eigenvalue weighted by Gasteiger charge is -2.12. The van der Waals surface area contributed by atoms with Crippen LogP contribution in [-0.4, -0.2) is 50.9 Å². The number of rotatable bonds is 8. The second-order valence-corrected chi connectivity index (χ2v) is 6.94. The summed E-state index contributed by atoms with van der Waals surface area (Å²) in [4.78, 5) is 14.5. The average Bonchev–Trinajstić information content (AvgIpc) is 3.08. The Bertz CT molecular complexity index is 972. The Kier molecular flexibility index (Phi) is 6.09. The molecule has 0 unspecified atom stereocenters. The molecule has 3 rings (SSSR count). The second-order valence-electron chi connectivity index (χ2n) is 6.00. The largest absolute Gasteiger partial charge is 0.496 e. The summed E-state index contributed by atoms with van der Waals surface area (Å²) in [5.41, 5.74) is 6.66. The van der Waals surface area contributed by atoms with Crippen LogP contribution in [-0.2, 0) is 12.3 Å². The highest BCUT2D eigenvalue weighted by molar-refractivity contribution is 7.98. The molecule has 0 amide bonds. The number of nitrogens with two attached hydrogens (primary N) is 1. The number of para-hydroxylation sites is 1. The van der Waals surface area contributed by atoms with E-state index >= 15 is 0 Å². The summed E-state index contributed by atoms with van der Waals surface area (Å²) in [7, 11) is 5.34. The monoisotopic (exact) mass is 398 g/mol. The van der Waals surface area contributed by atoms with Crippen molar-refractivity contribution in [3.05, 3.63) is 42.7 Å². The van der Waals surface area contributed by atoms with Crippen LogP contribution in [0.15, 0.2) is 42.1 Å². The maximum atomic E-state index is 5.80. The van der Waals surface area contributed by atoms with Crippen LogP contribution in [0, 0.1) is 0 Å². The number of hydrogen-bond donors (Lipinski definition) is 1. The van der Waals surface area contributed by atoms with Gasteiger partial charge < -0.3 is 15.4 Å². The molecule has 0 atom stereocenters. The first-order valence-electron chi connectivity index (χ1n) is 8.51. The molecular formula is C18H22N8OS. The highest BCUT2D eigenvalue weighted by Gasteiger charge is 2.17. The highest BCUT2D eigenvalue weighted by Crippen LogP contribution is 2.31. The summed E-state index contributed by atoms with van der Waals surface area (Å²) >= 11 is 1.47. The van der Waals surface area contributed by atoms with Crippen molar-refractivity contribution in [3.63, 3.8) is 0 Å². The number of benzene rings is 1. The minimum Gasteiger partial charge on any atom is -0.496 e. The molecule has 0 saturated heterocycles. The zero-order chi connectivity index (χ0) is 20.1. The number of hydrogen-bond acceptors (Lipinski definition) is 9. The Morgan fingerprint density at radius 2 is 2.00 bits per heavy atom. The molecule has 0 bridgehead atoms. The Labute approximate surface area is 167 Å². The molecule has 1 aromatic carbocycles. The van der Waals surface area contributed by atoms with E-state index in [2.05, 4.69) is 31.7 Å². The van der Waals surface area contributed by atoms with Crippen molar-refractivity contribution in [1.29, 1.82) is 0 Å². The van der Waals surface area contributed by atoms with Gasteiger partial charge in [-0.1, -0.05) is 30.0 Å². The van der Waals surface area contributed by atoms with Crippen LogP contribution in [0.1, 0.15) is 5.82 Å². The van der Waals surface area contributed by atoms with E-state index in [-0.39, 0.29) is 5.95 Å². The lowest BCUT2D eigenvalue weighted by Crippen LogP contribution is -2.16. The third kappa shape index (κ3) is 4.22. The molecule has 9 nitrogen and oxygen atoms in total. The van der Waals surface area contributed by atoms with Gasteiger partial charge in [-0.05, 0) is 12.1 Å². The Balaban J connectivity index is 1.89. The van der Waals surface area contributed by atoms with Gasteiger partial charge in [-0.15, -0.1) is 16.8 Å². The predicted molar refractivity (Wildman–Crippen MR) is 110 cm³/mol. The standard InChI is InChI=1S/C18H22N8OS/c1-5-10-26-15(12-8-6-7-9-13(12)27-4)23-24-18(26)28-11-14-20-16(19)22-17(21-14)25(2)3/h5-9H,1,10-11H2,2-4H3,(H2,19,20,21,22). The molecule has 0 radical (unpaired) electrons. The van der Waals surface area contributed by atoms with E-state index in [9.17, 15) is 0 Å². The molecule has 2 N–H and O–H groups in total. The van der Waals surface area contributed by atoms with Gasteiger partial charge in [-0.25, -0.2) is 0 Å². The normalized spacial score (nSPS) is 10.7. The molecule has 0 saturated carbocycles. The summed E-state index contributed by atoms with van der Waals surface area (Å²) in [5, 5.41) is 9.44. The molecule has 28 heavy (non-hydrogen) atoms. The number of nitrogens with zero attached hydrogens (tertiary/aromatic N) is 7. The maximum absolute atomic E-state index is 5.80. The first-order chi connectivity index (χ1) is 13.5. The summed E-state index contributed by atoms with van der Waals surface area (Å²) in [6, 6.07) is 7.70. The van der Waals surface area contributed by atoms with E-state index in [1.165, 1.54) is 11.8 Å². The van der Waals surface area contributed by atoms with Crippen molar-refractivity contribution >= 4 is 23.7 Å². The highest BCUT2D eigenvalue weighted by atomic mass is 32.2. The van der Waals surface area contributed by atoms with Crippen LogP contribution in [0.2, 0.25) is 0 Å². The van der Waals surface area contributed by atoms with Gasteiger partial charge in [0.1, 0.15) is 11.6 Å². The van der Waals surface area contributed by atoms with Gasteiger partial charge in [0.05, 0.1) is 18.4 Å². The summed E-state index contributed by atoms with van der Waals surface area (Å²) < 4.78 is 7.44. The van der Waals surface area contributed by atoms with E-state index < -0.39 is 0 Å². The quantitative estimate of drug-likeness (QED) is 0.451. The fourth-order valence-electron chi connectivity index (χ4n) is 2.54. The zero-order valence-electron chi connectivity index (χ0n) is 16.0. The third-order valence-corrected chi connectivity index (χ3v) is 4.76. The van der Waals surface area contributed by atoms with Gasteiger partial charge in [0, 0.05) is 20.6 Å². The molecule has 0 aliphatic heterocycles. The summed E-state index contributed by atoms with van der Waals surface area (Å²) in [6.07, 6.45) is 1.80. The molecule has 0 aliphatic carbocycles. The number of allylic oxidation sites excluding steroid dienone is 1. The van der Waals surface area contributed by atoms with Crippen molar-refractivity contribution in [3.8, 4) is 17.1 Å². The predicted octanol–water partition coefficient (Wildman–Crippen LogP) is 2.27. The Hall–Kier alpha value is -3.14. The van der Waals surface area contributed by atoms with Crippen molar-refractivity contribution in [2.45, 2.75) is 17.5 Å². The van der Waals surface area contributed by atoms with Gasteiger partial charge >= 0.3 is 0 Å². The van der Waals surface area contributed by atoms with Crippen LogP contribution < -0.4 is 15.4 Å². The summed E-state index contributed by atoms with van der Waals surface area (Å²) in [5.74, 6) is 3.21. The van der Waals surface area contributed by atoms with Crippen LogP contribution in [0.25, 0.3) is 11.4 Å². The van der Waals surface area contributed by atoms with E-state index in [1.54, 1.807) is 18.1 Å². The molecule has 10 heteroatoms. The first kappa shape index (κ1) is 19.6. The van der Waals surface area contributed by atoms with Gasteiger partial charge in [0.15, 0.2) is 11.0 Å².